The molecule has 0 aliphatic heterocycles. The average molecular weight is 262 g/mol. The van der Waals surface area contributed by atoms with E-state index in [1.165, 1.54) is 0 Å². The van der Waals surface area contributed by atoms with Crippen molar-refractivity contribution in [3.63, 3.8) is 0 Å². The van der Waals surface area contributed by atoms with Crippen LogP contribution in [0.5, 0.6) is 0 Å². The predicted molar refractivity (Wildman–Crippen MR) is 9.94 cm³/mol. The van der Waals surface area contributed by atoms with Gasteiger partial charge in [-0.15, -0.1) is 0 Å². The molecule has 4 heteroatoms. The number of hydrogen-bond acceptors (Lipinski definition) is 0. The SMILES string of the molecule is [AlH3].[Nb].[Ti].[Zr]. The Kier molecular flexibility index (Phi) is 121. The van der Waals surface area contributed by atoms with Crippen LogP contribution in [0.25, 0.3) is 0 Å². The van der Waals surface area contributed by atoms with Crippen molar-refractivity contribution in [1.82, 2.24) is 0 Å². The molecule has 0 bridgehead atoms. The number of hydrogen-bond donors (Lipinski definition) is 0. The Hall–Kier alpha value is 2.87. The summed E-state index contributed by atoms with van der Waals surface area (Å²) < 4.78 is 0. The van der Waals surface area contributed by atoms with E-state index in [1.807, 2.05) is 0 Å². The maximum Gasteiger partial charge on any atom is 0.187 e. The normalized spacial score (nSPS) is 0. The van der Waals surface area contributed by atoms with E-state index < -0.39 is 0 Å². The van der Waals surface area contributed by atoms with Gasteiger partial charge in [0.2, 0.25) is 0 Å². The summed E-state index contributed by atoms with van der Waals surface area (Å²) in [7, 11) is 0. The molecular weight excluding hydrogens is 259 g/mol. The second-order valence-corrected chi connectivity index (χ2v) is 0. The molecule has 0 aromatic heterocycles. The first-order valence-corrected chi connectivity index (χ1v) is 0. The Bertz CT molecular complexity index is 8.00. The third-order valence-corrected chi connectivity index (χ3v) is 0. The molecule has 0 atom stereocenters. The van der Waals surface area contributed by atoms with Gasteiger partial charge in [-0.25, -0.2) is 0 Å². The largest absolute Gasteiger partial charge is 0.187 e. The van der Waals surface area contributed by atoms with Crippen LogP contribution in [0.4, 0.5) is 0 Å². The van der Waals surface area contributed by atoms with Crippen molar-refractivity contribution in [3.8, 4) is 0 Å². The smallest absolute Gasteiger partial charge is 0 e. The molecule has 0 aromatic rings. The average Bonchev–Trinajstić information content (AvgIpc) is 0. The standard InChI is InChI=1S/Al.Nb.Ti.Zr.3H. The molecule has 0 aliphatic carbocycles. The first-order chi connectivity index (χ1) is 0. The zero-order valence-corrected chi connectivity index (χ0v) is 7.67. The van der Waals surface area contributed by atoms with Crippen LogP contribution >= 0.6 is 0 Å². The van der Waals surface area contributed by atoms with E-state index >= 15 is 0 Å². The first-order valence-electron chi connectivity index (χ1n) is 0. The van der Waals surface area contributed by atoms with Crippen molar-refractivity contribution >= 4 is 17.4 Å². The molecule has 0 nitrogen and oxygen atoms in total. The van der Waals surface area contributed by atoms with Crippen molar-refractivity contribution in [1.29, 1.82) is 0 Å². The van der Waals surface area contributed by atoms with Gasteiger partial charge in [-0.2, -0.15) is 0 Å². The van der Waals surface area contributed by atoms with Gasteiger partial charge in [0.05, 0.1) is 0 Å². The first kappa shape index (κ1) is 28.7. The van der Waals surface area contributed by atoms with Crippen molar-refractivity contribution < 1.29 is 70.3 Å². The summed E-state index contributed by atoms with van der Waals surface area (Å²) >= 11 is 0. The van der Waals surface area contributed by atoms with E-state index in [0.29, 0.717) is 0 Å². The van der Waals surface area contributed by atoms with Gasteiger partial charge in [0.25, 0.3) is 0 Å². The molecule has 0 saturated heterocycles. The minimum Gasteiger partial charge on any atom is 0 e. The molecule has 0 aliphatic rings. The molecule has 0 aromatic carbocycles. The van der Waals surface area contributed by atoms with Crippen LogP contribution in [0.3, 0.4) is 0 Å². The van der Waals surface area contributed by atoms with Crippen LogP contribution in [-0.2, 0) is 70.3 Å². The Morgan fingerprint density at radius 3 is 1.00 bits per heavy atom. The Morgan fingerprint density at radius 1 is 1.00 bits per heavy atom. The van der Waals surface area contributed by atoms with Crippen LogP contribution in [0.1, 0.15) is 0 Å². The summed E-state index contributed by atoms with van der Waals surface area (Å²) in [6, 6.07) is 0. The van der Waals surface area contributed by atoms with E-state index in [-0.39, 0.29) is 87.7 Å². The van der Waals surface area contributed by atoms with E-state index in [9.17, 15) is 0 Å². The van der Waals surface area contributed by atoms with Crippen LogP contribution in [0.2, 0.25) is 0 Å². The molecular formula is H3AlNbTiZr. The minimum absolute atomic E-state index is 0. The summed E-state index contributed by atoms with van der Waals surface area (Å²) in [5.74, 6) is 0. The summed E-state index contributed by atoms with van der Waals surface area (Å²) in [6.45, 7) is 0. The molecule has 4 heavy (non-hydrogen) atoms. The monoisotopic (exact) mass is 261 g/mol. The molecule has 0 heterocycles. The van der Waals surface area contributed by atoms with E-state index in [0.717, 1.165) is 0 Å². The third-order valence-electron chi connectivity index (χ3n) is 0. The van der Waals surface area contributed by atoms with Gasteiger partial charge in [-0.3, -0.25) is 0 Å². The fourth-order valence-electron chi connectivity index (χ4n) is 0. The molecule has 1 radical (unpaired) electrons. The van der Waals surface area contributed by atoms with Gasteiger partial charge in [0.1, 0.15) is 0 Å². The maximum atomic E-state index is 0. The number of rotatable bonds is 0. The van der Waals surface area contributed by atoms with Gasteiger partial charge in [-0.05, 0) is 0 Å². The molecule has 0 N–H and O–H groups in total. The van der Waals surface area contributed by atoms with Crippen LogP contribution in [-0.4, -0.2) is 17.4 Å². The molecule has 19 valence electrons. The summed E-state index contributed by atoms with van der Waals surface area (Å²) in [4.78, 5) is 0. The van der Waals surface area contributed by atoms with E-state index in [1.54, 1.807) is 0 Å². The maximum absolute atomic E-state index is 0. The third kappa shape index (κ3) is 8.85. The Morgan fingerprint density at radius 2 is 1.00 bits per heavy atom. The van der Waals surface area contributed by atoms with Gasteiger partial charge >= 0.3 is 0 Å². The van der Waals surface area contributed by atoms with Gasteiger partial charge in [0.15, 0.2) is 17.4 Å². The van der Waals surface area contributed by atoms with Crippen LogP contribution in [0.15, 0.2) is 0 Å². The topological polar surface area (TPSA) is 0 Å². The molecule has 0 amide bonds. The van der Waals surface area contributed by atoms with Crippen LogP contribution < -0.4 is 0 Å². The second-order valence-electron chi connectivity index (χ2n) is 0. The summed E-state index contributed by atoms with van der Waals surface area (Å²) in [5, 5.41) is 0. The fraction of sp³-hybridized carbons (Fsp3) is 0. The quantitative estimate of drug-likeness (QED) is 0.481. The zero-order valence-electron chi connectivity index (χ0n) is 1.45. The molecule has 0 saturated carbocycles. The minimum atomic E-state index is 0. The molecule has 0 rings (SSSR count). The van der Waals surface area contributed by atoms with Gasteiger partial charge < -0.3 is 0 Å². The zero-order chi connectivity index (χ0) is 0. The van der Waals surface area contributed by atoms with Crippen LogP contribution in [0, 0.1) is 0 Å². The Labute approximate surface area is 86.1 Å². The molecule has 0 fully saturated rings. The Balaban J connectivity index is 0. The summed E-state index contributed by atoms with van der Waals surface area (Å²) in [6.07, 6.45) is 0. The molecule has 0 unspecified atom stereocenters. The van der Waals surface area contributed by atoms with Gasteiger partial charge in [0, 0.05) is 70.3 Å². The molecule has 0 spiro atoms. The van der Waals surface area contributed by atoms with Crippen molar-refractivity contribution in [2.45, 2.75) is 0 Å². The summed E-state index contributed by atoms with van der Waals surface area (Å²) in [5.41, 5.74) is 0. The van der Waals surface area contributed by atoms with Crippen molar-refractivity contribution in [3.05, 3.63) is 0 Å². The van der Waals surface area contributed by atoms with E-state index in [2.05, 4.69) is 0 Å². The van der Waals surface area contributed by atoms with E-state index in [4.69, 9.17) is 0 Å². The second kappa shape index (κ2) is 16.9. The van der Waals surface area contributed by atoms with Crippen molar-refractivity contribution in [2.75, 3.05) is 0 Å². The van der Waals surface area contributed by atoms with Crippen molar-refractivity contribution in [2.24, 2.45) is 0 Å². The fourth-order valence-corrected chi connectivity index (χ4v) is 0. The van der Waals surface area contributed by atoms with Gasteiger partial charge in [-0.1, -0.05) is 0 Å². The predicted octanol–water partition coefficient (Wildman–Crippen LogP) is -1.19.